The minimum atomic E-state index is -0.785. The van der Waals surface area contributed by atoms with Crippen LogP contribution >= 0.6 is 0 Å². The average Bonchev–Trinajstić information content (AvgIpc) is 2.40. The Balaban J connectivity index is 2.21. The molecule has 4 nitrogen and oxygen atoms in total. The fourth-order valence-electron chi connectivity index (χ4n) is 3.29. The topological polar surface area (TPSA) is 57.6 Å². The van der Waals surface area contributed by atoms with Gasteiger partial charge in [0.1, 0.15) is 0 Å². The molecule has 1 aromatic carbocycles. The lowest BCUT2D eigenvalue weighted by atomic mass is 9.72. The summed E-state index contributed by atoms with van der Waals surface area (Å²) in [6, 6.07) is 8.22. The smallest absolute Gasteiger partial charge is 0.303 e. The van der Waals surface area contributed by atoms with Crippen molar-refractivity contribution in [1.29, 1.82) is 0 Å². The lowest BCUT2D eigenvalue weighted by Crippen LogP contribution is -2.47. The van der Waals surface area contributed by atoms with Crippen LogP contribution in [0.5, 0.6) is 0 Å². The molecule has 1 amide bonds. The highest BCUT2D eigenvalue weighted by Crippen LogP contribution is 2.37. The number of benzene rings is 1. The molecule has 114 valence electrons. The Kier molecular flexibility index (Phi) is 4.66. The Morgan fingerprint density at radius 1 is 1.29 bits per heavy atom. The molecular formula is C17H23NO3. The molecule has 1 aliphatic rings. The number of aliphatic carboxylic acids is 1. The molecule has 1 atom stereocenters. The highest BCUT2D eigenvalue weighted by atomic mass is 16.4. The maximum atomic E-state index is 11.6. The fourth-order valence-corrected chi connectivity index (χ4v) is 3.29. The molecule has 1 aromatic rings. The van der Waals surface area contributed by atoms with Crippen molar-refractivity contribution in [3.8, 4) is 0 Å². The highest BCUT2D eigenvalue weighted by molar-refractivity contribution is 5.74. The van der Waals surface area contributed by atoms with E-state index in [1.54, 1.807) is 11.8 Å². The molecule has 21 heavy (non-hydrogen) atoms. The third-order valence-corrected chi connectivity index (χ3v) is 4.33. The molecule has 1 heterocycles. The Morgan fingerprint density at radius 2 is 1.95 bits per heavy atom. The second-order valence-corrected chi connectivity index (χ2v) is 6.28. The monoisotopic (exact) mass is 289 g/mol. The summed E-state index contributed by atoms with van der Waals surface area (Å²) in [4.78, 5) is 24.7. The first-order valence-electron chi connectivity index (χ1n) is 7.43. The largest absolute Gasteiger partial charge is 0.481 e. The van der Waals surface area contributed by atoms with E-state index in [2.05, 4.69) is 24.3 Å². The van der Waals surface area contributed by atoms with Crippen LogP contribution in [0.3, 0.4) is 0 Å². The van der Waals surface area contributed by atoms with Crippen molar-refractivity contribution < 1.29 is 14.7 Å². The van der Waals surface area contributed by atoms with Gasteiger partial charge in [-0.25, -0.2) is 0 Å². The van der Waals surface area contributed by atoms with Crippen LogP contribution in [0.25, 0.3) is 0 Å². The molecule has 2 rings (SSSR count). The van der Waals surface area contributed by atoms with Crippen LogP contribution in [0.4, 0.5) is 0 Å². The van der Waals surface area contributed by atoms with Crippen molar-refractivity contribution in [3.05, 3.63) is 35.4 Å². The number of hydrogen-bond acceptors (Lipinski definition) is 2. The minimum Gasteiger partial charge on any atom is -0.481 e. The number of carboxylic acids is 1. The lowest BCUT2D eigenvalue weighted by molar-refractivity contribution is -0.143. The van der Waals surface area contributed by atoms with Crippen LogP contribution in [0, 0.1) is 12.3 Å². The number of piperidine rings is 1. The predicted molar refractivity (Wildman–Crippen MR) is 81.1 cm³/mol. The maximum Gasteiger partial charge on any atom is 0.303 e. The zero-order valence-electron chi connectivity index (χ0n) is 12.8. The van der Waals surface area contributed by atoms with E-state index >= 15 is 0 Å². The van der Waals surface area contributed by atoms with Crippen molar-refractivity contribution >= 4 is 11.9 Å². The number of amides is 1. The molecule has 1 fully saturated rings. The second kappa shape index (κ2) is 6.29. The maximum absolute atomic E-state index is 11.6. The van der Waals surface area contributed by atoms with E-state index in [1.807, 2.05) is 6.92 Å². The molecule has 4 heteroatoms. The second-order valence-electron chi connectivity index (χ2n) is 6.28. The summed E-state index contributed by atoms with van der Waals surface area (Å²) in [5, 5.41) is 9.27. The standard InChI is InChI=1S/C17H23NO3/c1-13-4-6-15(7-5-13)10-17(11-16(20)21)8-3-9-18(12-17)14(2)19/h4-7H,3,8-12H2,1-2H3,(H,20,21). The number of hydrogen-bond donors (Lipinski definition) is 1. The van der Waals surface area contributed by atoms with Gasteiger partial charge >= 0.3 is 5.97 Å². The van der Waals surface area contributed by atoms with Crippen LogP contribution in [0.1, 0.15) is 37.3 Å². The minimum absolute atomic E-state index is 0.0355. The molecular weight excluding hydrogens is 266 g/mol. The van der Waals surface area contributed by atoms with Gasteiger partial charge in [0.2, 0.25) is 5.91 Å². The SMILES string of the molecule is CC(=O)N1CCCC(CC(=O)O)(Cc2ccc(C)cc2)C1. The predicted octanol–water partition coefficient (Wildman–Crippen LogP) is 2.64. The van der Waals surface area contributed by atoms with Gasteiger partial charge in [0.15, 0.2) is 0 Å². The van der Waals surface area contributed by atoms with Crippen LogP contribution in [-0.2, 0) is 16.0 Å². The number of aryl methyl sites for hydroxylation is 1. The summed E-state index contributed by atoms with van der Waals surface area (Å²) < 4.78 is 0. The molecule has 0 aromatic heterocycles. The number of nitrogens with zero attached hydrogens (tertiary/aromatic N) is 1. The normalized spacial score (nSPS) is 22.1. The van der Waals surface area contributed by atoms with Gasteiger partial charge in [-0.1, -0.05) is 29.8 Å². The van der Waals surface area contributed by atoms with Gasteiger partial charge in [0, 0.05) is 25.4 Å². The summed E-state index contributed by atoms with van der Waals surface area (Å²) >= 11 is 0. The third-order valence-electron chi connectivity index (χ3n) is 4.33. The van der Waals surface area contributed by atoms with E-state index in [4.69, 9.17) is 0 Å². The first-order chi connectivity index (χ1) is 9.90. The van der Waals surface area contributed by atoms with E-state index in [1.165, 1.54) is 5.56 Å². The van der Waals surface area contributed by atoms with E-state index in [-0.39, 0.29) is 17.7 Å². The molecule has 0 radical (unpaired) electrons. The van der Waals surface area contributed by atoms with Crippen LogP contribution < -0.4 is 0 Å². The molecule has 0 aliphatic carbocycles. The van der Waals surface area contributed by atoms with E-state index in [9.17, 15) is 14.7 Å². The van der Waals surface area contributed by atoms with Gasteiger partial charge in [-0.05, 0) is 31.7 Å². The number of carbonyl (C=O) groups is 2. The first kappa shape index (κ1) is 15.5. The van der Waals surface area contributed by atoms with Gasteiger partial charge in [-0.15, -0.1) is 0 Å². The number of rotatable bonds is 4. The summed E-state index contributed by atoms with van der Waals surface area (Å²) in [5.41, 5.74) is 2.00. The Morgan fingerprint density at radius 3 is 2.52 bits per heavy atom. The molecule has 1 saturated heterocycles. The van der Waals surface area contributed by atoms with Gasteiger partial charge in [0.25, 0.3) is 0 Å². The van der Waals surface area contributed by atoms with Gasteiger partial charge < -0.3 is 10.0 Å². The average molecular weight is 289 g/mol. The summed E-state index contributed by atoms with van der Waals surface area (Å²) in [6.45, 7) is 4.88. The van der Waals surface area contributed by atoms with Gasteiger partial charge in [-0.2, -0.15) is 0 Å². The molecule has 1 unspecified atom stereocenters. The van der Waals surface area contributed by atoms with Crippen LogP contribution in [0.15, 0.2) is 24.3 Å². The van der Waals surface area contributed by atoms with Crippen molar-refractivity contribution in [1.82, 2.24) is 4.90 Å². The van der Waals surface area contributed by atoms with Crippen molar-refractivity contribution in [2.45, 2.75) is 39.5 Å². The number of carboxylic acid groups (broad SMARTS) is 1. The zero-order chi connectivity index (χ0) is 15.5. The summed E-state index contributed by atoms with van der Waals surface area (Å²) in [5.74, 6) is -0.749. The zero-order valence-corrected chi connectivity index (χ0v) is 12.8. The third kappa shape index (κ3) is 4.06. The van der Waals surface area contributed by atoms with Gasteiger partial charge in [-0.3, -0.25) is 9.59 Å². The Labute approximate surface area is 125 Å². The molecule has 1 N–H and O–H groups in total. The molecule has 0 spiro atoms. The van der Waals surface area contributed by atoms with Crippen molar-refractivity contribution in [3.63, 3.8) is 0 Å². The summed E-state index contributed by atoms with van der Waals surface area (Å²) in [7, 11) is 0. The van der Waals surface area contributed by atoms with Gasteiger partial charge in [0.05, 0.1) is 6.42 Å². The lowest BCUT2D eigenvalue weighted by Gasteiger charge is -2.42. The van der Waals surface area contributed by atoms with E-state index in [0.29, 0.717) is 13.0 Å². The van der Waals surface area contributed by atoms with Crippen LogP contribution in [-0.4, -0.2) is 35.0 Å². The highest BCUT2D eigenvalue weighted by Gasteiger charge is 2.38. The van der Waals surface area contributed by atoms with Crippen molar-refractivity contribution in [2.75, 3.05) is 13.1 Å². The Bertz CT molecular complexity index is 523. The number of carbonyl (C=O) groups excluding carboxylic acids is 1. The fraction of sp³-hybridized carbons (Fsp3) is 0.529. The number of likely N-dealkylation sites (tertiary alicyclic amines) is 1. The van der Waals surface area contributed by atoms with Crippen molar-refractivity contribution in [2.24, 2.45) is 5.41 Å². The molecule has 0 bridgehead atoms. The van der Waals surface area contributed by atoms with E-state index < -0.39 is 5.97 Å². The summed E-state index contributed by atoms with van der Waals surface area (Å²) in [6.07, 6.45) is 2.56. The molecule has 0 saturated carbocycles. The first-order valence-corrected chi connectivity index (χ1v) is 7.43. The molecule has 1 aliphatic heterocycles. The Hall–Kier alpha value is -1.84. The van der Waals surface area contributed by atoms with E-state index in [0.717, 1.165) is 24.9 Å². The quantitative estimate of drug-likeness (QED) is 0.927. The van der Waals surface area contributed by atoms with Crippen LogP contribution in [0.2, 0.25) is 0 Å².